The first-order valence-electron chi connectivity index (χ1n) is 6.68. The molecule has 0 unspecified atom stereocenters. The van der Waals surface area contributed by atoms with Crippen LogP contribution in [0.25, 0.3) is 0 Å². The molecule has 1 amide bonds. The standard InChI is InChI=1S/C16H18N4O3/c1-3-19-15(11(2)14(18)21)20-9-13(17)16(22)23-10-12-7-5-4-6-8-12/h3-9H,2,10,17H2,1H3,(H2,18,21)/b13-9-,19-3-,20-15+. The summed E-state index contributed by atoms with van der Waals surface area (Å²) in [7, 11) is 0. The van der Waals surface area contributed by atoms with E-state index in [2.05, 4.69) is 16.6 Å². The summed E-state index contributed by atoms with van der Waals surface area (Å²) >= 11 is 0. The van der Waals surface area contributed by atoms with Crippen molar-refractivity contribution in [1.29, 1.82) is 0 Å². The van der Waals surface area contributed by atoms with Crippen LogP contribution in [0.4, 0.5) is 0 Å². The van der Waals surface area contributed by atoms with Crippen molar-refractivity contribution in [3.8, 4) is 0 Å². The second kappa shape index (κ2) is 8.93. The third-order valence-corrected chi connectivity index (χ3v) is 2.59. The molecule has 0 heterocycles. The van der Waals surface area contributed by atoms with Crippen LogP contribution in [0.2, 0.25) is 0 Å². The molecule has 0 aromatic heterocycles. The maximum absolute atomic E-state index is 11.8. The largest absolute Gasteiger partial charge is 0.456 e. The number of nitrogens with zero attached hydrogens (tertiary/aromatic N) is 2. The van der Waals surface area contributed by atoms with E-state index in [4.69, 9.17) is 16.2 Å². The molecule has 1 aromatic rings. The number of rotatable bonds is 6. The van der Waals surface area contributed by atoms with E-state index >= 15 is 0 Å². The zero-order valence-corrected chi connectivity index (χ0v) is 12.7. The molecule has 0 spiro atoms. The Hall–Kier alpha value is -3.22. The van der Waals surface area contributed by atoms with Gasteiger partial charge in [-0.1, -0.05) is 36.9 Å². The molecule has 1 rings (SSSR count). The number of aliphatic imine (C=N–C) groups is 2. The van der Waals surface area contributed by atoms with Crippen molar-refractivity contribution in [2.24, 2.45) is 21.5 Å². The molecule has 0 atom stereocenters. The zero-order valence-electron chi connectivity index (χ0n) is 12.7. The molecule has 0 aliphatic rings. The molecule has 0 radical (unpaired) electrons. The van der Waals surface area contributed by atoms with Crippen molar-refractivity contribution >= 4 is 23.9 Å². The fourth-order valence-electron chi connectivity index (χ4n) is 1.41. The number of benzene rings is 1. The molecule has 120 valence electrons. The summed E-state index contributed by atoms with van der Waals surface area (Å²) < 4.78 is 5.04. The van der Waals surface area contributed by atoms with Crippen LogP contribution in [-0.2, 0) is 20.9 Å². The number of primary amides is 1. The maximum atomic E-state index is 11.8. The van der Waals surface area contributed by atoms with E-state index in [1.54, 1.807) is 6.92 Å². The zero-order chi connectivity index (χ0) is 17.2. The molecule has 7 nitrogen and oxygen atoms in total. The van der Waals surface area contributed by atoms with Gasteiger partial charge in [0, 0.05) is 6.21 Å². The lowest BCUT2D eigenvalue weighted by molar-refractivity contribution is -0.140. The second-order valence-electron chi connectivity index (χ2n) is 4.33. The fraction of sp³-hybridized carbons (Fsp3) is 0.125. The Morgan fingerprint density at radius 3 is 2.48 bits per heavy atom. The van der Waals surface area contributed by atoms with Gasteiger partial charge in [0.2, 0.25) is 0 Å². The lowest BCUT2D eigenvalue weighted by Crippen LogP contribution is -2.19. The number of hydrogen-bond donors (Lipinski definition) is 2. The van der Waals surface area contributed by atoms with Gasteiger partial charge in [-0.25, -0.2) is 14.8 Å². The highest BCUT2D eigenvalue weighted by atomic mass is 16.5. The van der Waals surface area contributed by atoms with Gasteiger partial charge in [0.25, 0.3) is 5.91 Å². The minimum Gasteiger partial charge on any atom is -0.456 e. The summed E-state index contributed by atoms with van der Waals surface area (Å²) in [6.07, 6.45) is 2.45. The number of amides is 1. The van der Waals surface area contributed by atoms with Crippen LogP contribution >= 0.6 is 0 Å². The van der Waals surface area contributed by atoms with Crippen LogP contribution < -0.4 is 11.5 Å². The van der Waals surface area contributed by atoms with Crippen molar-refractivity contribution in [3.63, 3.8) is 0 Å². The number of esters is 1. The molecule has 1 aromatic carbocycles. The van der Waals surface area contributed by atoms with Crippen molar-refractivity contribution < 1.29 is 14.3 Å². The molecular formula is C16H18N4O3. The Balaban J connectivity index is 2.76. The Morgan fingerprint density at radius 1 is 1.26 bits per heavy atom. The van der Waals surface area contributed by atoms with E-state index in [0.29, 0.717) is 0 Å². The monoisotopic (exact) mass is 314 g/mol. The highest BCUT2D eigenvalue weighted by Gasteiger charge is 2.10. The number of carbonyl (C=O) groups is 2. The van der Waals surface area contributed by atoms with E-state index in [0.717, 1.165) is 11.8 Å². The molecule has 0 bridgehead atoms. The van der Waals surface area contributed by atoms with Gasteiger partial charge in [-0.05, 0) is 12.5 Å². The molecule has 0 saturated carbocycles. The number of hydrogen-bond acceptors (Lipinski definition) is 5. The summed E-state index contributed by atoms with van der Waals surface area (Å²) in [5.74, 6) is -1.53. The molecule has 0 aliphatic heterocycles. The first-order valence-corrected chi connectivity index (χ1v) is 6.68. The first kappa shape index (κ1) is 17.8. The average Bonchev–Trinajstić information content (AvgIpc) is 2.56. The van der Waals surface area contributed by atoms with Crippen molar-refractivity contribution in [3.05, 3.63) is 59.9 Å². The van der Waals surface area contributed by atoms with E-state index in [1.807, 2.05) is 30.3 Å². The van der Waals surface area contributed by atoms with Gasteiger partial charge in [0.15, 0.2) is 5.84 Å². The quantitative estimate of drug-likeness (QED) is 0.353. The summed E-state index contributed by atoms with van der Waals surface area (Å²) in [5, 5.41) is 0. The summed E-state index contributed by atoms with van der Waals surface area (Å²) in [6.45, 7) is 5.19. The van der Waals surface area contributed by atoms with Crippen LogP contribution in [0, 0.1) is 0 Å². The lowest BCUT2D eigenvalue weighted by atomic mass is 10.2. The Morgan fingerprint density at radius 2 is 1.91 bits per heavy atom. The van der Waals surface area contributed by atoms with Crippen LogP contribution in [0.1, 0.15) is 12.5 Å². The third-order valence-electron chi connectivity index (χ3n) is 2.59. The highest BCUT2D eigenvalue weighted by Crippen LogP contribution is 2.03. The normalized spacial score (nSPS) is 12.2. The molecule has 7 heteroatoms. The van der Waals surface area contributed by atoms with Gasteiger partial charge in [0.1, 0.15) is 12.3 Å². The number of nitrogens with two attached hydrogens (primary N) is 2. The fourth-order valence-corrected chi connectivity index (χ4v) is 1.41. The molecule has 0 saturated heterocycles. The average molecular weight is 314 g/mol. The summed E-state index contributed by atoms with van der Waals surface area (Å²) in [4.78, 5) is 30.5. The number of amidine groups is 1. The molecular weight excluding hydrogens is 296 g/mol. The molecule has 0 aliphatic carbocycles. The van der Waals surface area contributed by atoms with Crippen LogP contribution in [0.3, 0.4) is 0 Å². The maximum Gasteiger partial charge on any atom is 0.356 e. The van der Waals surface area contributed by atoms with Gasteiger partial charge in [-0.3, -0.25) is 4.79 Å². The Labute approximate surface area is 134 Å². The van der Waals surface area contributed by atoms with E-state index in [1.165, 1.54) is 6.21 Å². The van der Waals surface area contributed by atoms with Gasteiger partial charge in [-0.2, -0.15) is 0 Å². The van der Waals surface area contributed by atoms with Crippen LogP contribution in [0.5, 0.6) is 0 Å². The van der Waals surface area contributed by atoms with Crippen molar-refractivity contribution in [2.75, 3.05) is 0 Å². The van der Waals surface area contributed by atoms with E-state index < -0.39 is 11.9 Å². The SMILES string of the molecule is C=C(C(N)=O)C(/N=C\C)=N\C=C(/N)C(=O)OCc1ccccc1. The highest BCUT2D eigenvalue weighted by molar-refractivity contribution is 6.21. The predicted octanol–water partition coefficient (Wildman–Crippen LogP) is 1.06. The van der Waals surface area contributed by atoms with E-state index in [-0.39, 0.29) is 23.7 Å². The Kier molecular flexibility index (Phi) is 6.93. The third kappa shape index (κ3) is 5.96. The topological polar surface area (TPSA) is 120 Å². The van der Waals surface area contributed by atoms with Crippen molar-refractivity contribution in [1.82, 2.24) is 0 Å². The van der Waals surface area contributed by atoms with Gasteiger partial charge < -0.3 is 16.2 Å². The second-order valence-corrected chi connectivity index (χ2v) is 4.33. The minimum atomic E-state index is -0.770. The summed E-state index contributed by atoms with van der Waals surface area (Å²) in [6, 6.07) is 9.15. The molecule has 0 fully saturated rings. The predicted molar refractivity (Wildman–Crippen MR) is 88.4 cm³/mol. The smallest absolute Gasteiger partial charge is 0.356 e. The molecule has 23 heavy (non-hydrogen) atoms. The number of ether oxygens (including phenoxy) is 1. The summed E-state index contributed by atoms with van der Waals surface area (Å²) in [5.41, 5.74) is 11.2. The Bertz CT molecular complexity index is 676. The van der Waals surface area contributed by atoms with Crippen molar-refractivity contribution in [2.45, 2.75) is 13.5 Å². The molecule has 4 N–H and O–H groups in total. The minimum absolute atomic E-state index is 0.0289. The first-order chi connectivity index (χ1) is 11.0. The van der Waals surface area contributed by atoms with Gasteiger partial charge in [0.05, 0.1) is 11.8 Å². The number of carbonyl (C=O) groups excluding carboxylic acids is 2. The van der Waals surface area contributed by atoms with Gasteiger partial charge in [-0.15, -0.1) is 0 Å². The lowest BCUT2D eigenvalue weighted by Gasteiger charge is -2.04. The van der Waals surface area contributed by atoms with Crippen LogP contribution in [-0.4, -0.2) is 23.9 Å². The van der Waals surface area contributed by atoms with Gasteiger partial charge >= 0.3 is 5.97 Å². The van der Waals surface area contributed by atoms with E-state index in [9.17, 15) is 9.59 Å². The van der Waals surface area contributed by atoms with Crippen LogP contribution in [0.15, 0.2) is 64.4 Å².